The zero-order valence-electron chi connectivity index (χ0n) is 50.3. The summed E-state index contributed by atoms with van der Waals surface area (Å²) in [4.78, 5) is 25.6. The van der Waals surface area contributed by atoms with E-state index in [0.29, 0.717) is 17.4 Å². The molecule has 75 heavy (non-hydrogen) atoms. The second-order valence-electron chi connectivity index (χ2n) is 23.1. The van der Waals surface area contributed by atoms with Crippen molar-refractivity contribution in [2.75, 3.05) is 40.9 Å². The fourth-order valence-electron chi connectivity index (χ4n) is 9.39. The van der Waals surface area contributed by atoms with Gasteiger partial charge in [0.15, 0.2) is 0 Å². The minimum Gasteiger partial charge on any atom is -0.756 e. The molecule has 0 radical (unpaired) electrons. The molecule has 440 valence electrons. The zero-order chi connectivity index (χ0) is 54.9. The van der Waals surface area contributed by atoms with Crippen LogP contribution in [0.3, 0.4) is 0 Å². The first-order chi connectivity index (χ1) is 36.5. The van der Waals surface area contributed by atoms with Gasteiger partial charge in [-0.15, -0.1) is 0 Å². The summed E-state index contributed by atoms with van der Waals surface area (Å²) in [6, 6.07) is -0.912. The van der Waals surface area contributed by atoms with Crippen LogP contribution in [-0.2, 0) is 18.4 Å². The number of nitrogens with one attached hydrogen (secondary N) is 1. The largest absolute Gasteiger partial charge is 0.756 e. The molecule has 0 aromatic heterocycles. The Morgan fingerprint density at radius 1 is 0.467 bits per heavy atom. The van der Waals surface area contributed by atoms with Crippen molar-refractivity contribution in [2.24, 2.45) is 0 Å². The van der Waals surface area contributed by atoms with Gasteiger partial charge in [0, 0.05) is 6.42 Å². The molecule has 0 saturated heterocycles. The summed E-state index contributed by atoms with van der Waals surface area (Å²) >= 11 is 0. The number of rotatable bonds is 59. The van der Waals surface area contributed by atoms with Gasteiger partial charge < -0.3 is 28.8 Å². The van der Waals surface area contributed by atoms with Crippen LogP contribution < -0.4 is 10.2 Å². The van der Waals surface area contributed by atoms with E-state index in [1.807, 2.05) is 27.2 Å². The number of allylic oxidation sites excluding steroid dienone is 9. The number of quaternary nitrogens is 1. The fourth-order valence-corrected chi connectivity index (χ4v) is 10.1. The van der Waals surface area contributed by atoms with E-state index < -0.39 is 26.6 Å². The highest BCUT2D eigenvalue weighted by molar-refractivity contribution is 7.45. The number of amides is 1. The fraction of sp³-hybridized carbons (Fsp3) is 0.833. The van der Waals surface area contributed by atoms with Gasteiger partial charge in [-0.3, -0.25) is 9.36 Å². The topological polar surface area (TPSA) is 108 Å². The van der Waals surface area contributed by atoms with E-state index in [-0.39, 0.29) is 12.5 Å². The molecule has 0 aliphatic carbocycles. The van der Waals surface area contributed by atoms with Gasteiger partial charge in [-0.1, -0.05) is 280 Å². The molecule has 3 atom stereocenters. The Morgan fingerprint density at radius 2 is 0.787 bits per heavy atom. The number of phosphoric ester groups is 1. The van der Waals surface area contributed by atoms with Crippen molar-refractivity contribution in [2.45, 2.75) is 315 Å². The third-order valence-corrected chi connectivity index (χ3v) is 15.4. The molecule has 3 unspecified atom stereocenters. The van der Waals surface area contributed by atoms with E-state index in [2.05, 4.69) is 67.8 Å². The number of unbranched alkanes of at least 4 members (excludes halogenated alkanes) is 38. The number of aliphatic hydroxyl groups is 1. The summed E-state index contributed by atoms with van der Waals surface area (Å²) in [5, 5.41) is 13.9. The van der Waals surface area contributed by atoms with Crippen LogP contribution in [0.15, 0.2) is 60.8 Å². The maximum absolute atomic E-state index is 13.0. The molecule has 0 rings (SSSR count). The van der Waals surface area contributed by atoms with Crippen LogP contribution in [0.2, 0.25) is 0 Å². The minimum atomic E-state index is -4.61. The SMILES string of the molecule is CCCCCCC/C=C\C/C=C\CCCCCCCCCCCCCCCCCCCC(=O)NC(COP(=O)([O-])OCC[N+](C)(C)C)C(O)/C=C/CC/C=C/CC/C=C/CCCCCCCCCCCCCCCC. The van der Waals surface area contributed by atoms with Gasteiger partial charge in [-0.2, -0.15) is 0 Å². The molecular weight excluding hydrogens is 948 g/mol. The van der Waals surface area contributed by atoms with E-state index in [1.54, 1.807) is 6.08 Å². The first kappa shape index (κ1) is 73.2. The van der Waals surface area contributed by atoms with Gasteiger partial charge in [-0.05, 0) is 77.0 Å². The minimum absolute atomic E-state index is 0.00941. The quantitative estimate of drug-likeness (QED) is 0.0272. The molecule has 0 saturated carbocycles. The lowest BCUT2D eigenvalue weighted by molar-refractivity contribution is -0.870. The number of hydrogen-bond acceptors (Lipinski definition) is 6. The van der Waals surface area contributed by atoms with Crippen LogP contribution in [0.1, 0.15) is 303 Å². The molecule has 0 aliphatic heterocycles. The standard InChI is InChI=1S/C66H125N2O6P/c1-6-8-10-12-14-16-18-20-22-24-26-28-30-32-33-34-35-36-38-40-42-44-46-48-50-52-54-56-58-60-66(70)67-64(63-74-75(71,72)73-62-61-68(3,4)5)65(69)59-57-55-53-51-49-47-45-43-41-39-37-31-29-27-25-23-21-19-17-15-13-11-9-7-2/h18,20,24,26,41,43,49,51,57,59,64-65,69H,6-17,19,21-23,25,27-40,42,44-48,50,52-56,58,60-63H2,1-5H3,(H-,67,70,71,72)/b20-18-,26-24-,43-41+,51-49+,59-57+. The lowest BCUT2D eigenvalue weighted by Crippen LogP contribution is -2.45. The molecule has 0 fully saturated rings. The number of aliphatic hydroxyl groups excluding tert-OH is 1. The van der Waals surface area contributed by atoms with E-state index in [0.717, 1.165) is 51.4 Å². The molecule has 0 aromatic carbocycles. The summed E-state index contributed by atoms with van der Waals surface area (Å²) in [6.07, 6.45) is 77.5. The van der Waals surface area contributed by atoms with E-state index >= 15 is 0 Å². The average Bonchev–Trinajstić information content (AvgIpc) is 3.37. The third-order valence-electron chi connectivity index (χ3n) is 14.4. The number of likely N-dealkylation sites (N-methyl/N-ethyl adjacent to an activating group) is 1. The van der Waals surface area contributed by atoms with Crippen LogP contribution in [0.5, 0.6) is 0 Å². The van der Waals surface area contributed by atoms with Crippen molar-refractivity contribution < 1.29 is 32.9 Å². The lowest BCUT2D eigenvalue weighted by atomic mass is 10.0. The third kappa shape index (κ3) is 59.7. The second-order valence-corrected chi connectivity index (χ2v) is 24.5. The first-order valence-corrected chi connectivity index (χ1v) is 33.6. The van der Waals surface area contributed by atoms with E-state index in [9.17, 15) is 19.4 Å². The zero-order valence-corrected chi connectivity index (χ0v) is 51.1. The van der Waals surface area contributed by atoms with Crippen LogP contribution in [0.4, 0.5) is 0 Å². The van der Waals surface area contributed by atoms with Crippen LogP contribution >= 0.6 is 7.82 Å². The van der Waals surface area contributed by atoms with Crippen molar-refractivity contribution in [3.05, 3.63) is 60.8 Å². The molecular formula is C66H125N2O6P. The normalized spacial score (nSPS) is 14.2. The van der Waals surface area contributed by atoms with Gasteiger partial charge in [-0.25, -0.2) is 0 Å². The molecule has 0 heterocycles. The van der Waals surface area contributed by atoms with Gasteiger partial charge in [0.05, 0.1) is 39.9 Å². The highest BCUT2D eigenvalue weighted by Crippen LogP contribution is 2.38. The van der Waals surface area contributed by atoms with Crippen LogP contribution in [0.25, 0.3) is 0 Å². The predicted molar refractivity (Wildman–Crippen MR) is 325 cm³/mol. The van der Waals surface area contributed by atoms with Gasteiger partial charge >= 0.3 is 0 Å². The second kappa shape index (κ2) is 56.9. The van der Waals surface area contributed by atoms with Crippen molar-refractivity contribution in [3.8, 4) is 0 Å². The molecule has 2 N–H and O–H groups in total. The summed E-state index contributed by atoms with van der Waals surface area (Å²) in [6.45, 7) is 4.64. The Labute approximate surface area is 466 Å². The van der Waals surface area contributed by atoms with Crippen LogP contribution in [0, 0.1) is 0 Å². The highest BCUT2D eigenvalue weighted by atomic mass is 31.2. The van der Waals surface area contributed by atoms with Crippen molar-refractivity contribution in [1.29, 1.82) is 0 Å². The summed E-state index contributed by atoms with van der Waals surface area (Å²) in [7, 11) is 1.24. The Balaban J connectivity index is 4.18. The summed E-state index contributed by atoms with van der Waals surface area (Å²) < 4.78 is 23.4. The highest BCUT2D eigenvalue weighted by Gasteiger charge is 2.23. The first-order valence-electron chi connectivity index (χ1n) is 32.2. The predicted octanol–water partition coefficient (Wildman–Crippen LogP) is 19.4. The Hall–Kier alpha value is -1.80. The van der Waals surface area contributed by atoms with Crippen LogP contribution in [-0.4, -0.2) is 68.5 Å². The Morgan fingerprint density at radius 3 is 1.16 bits per heavy atom. The maximum Gasteiger partial charge on any atom is 0.268 e. The molecule has 0 aliphatic rings. The Kier molecular flexibility index (Phi) is 55.5. The lowest BCUT2D eigenvalue weighted by Gasteiger charge is -2.29. The van der Waals surface area contributed by atoms with Gasteiger partial charge in [0.1, 0.15) is 13.2 Å². The molecule has 8 nitrogen and oxygen atoms in total. The average molecular weight is 1070 g/mol. The van der Waals surface area contributed by atoms with E-state index in [1.165, 1.54) is 231 Å². The number of hydrogen-bond donors (Lipinski definition) is 2. The molecule has 1 amide bonds. The summed E-state index contributed by atoms with van der Waals surface area (Å²) in [5.41, 5.74) is 0. The molecule has 0 aromatic rings. The molecule has 0 spiro atoms. The number of carbonyl (C=O) groups excluding carboxylic acids is 1. The van der Waals surface area contributed by atoms with Crippen molar-refractivity contribution >= 4 is 13.7 Å². The molecule has 0 bridgehead atoms. The van der Waals surface area contributed by atoms with Gasteiger partial charge in [0.2, 0.25) is 5.91 Å². The monoisotopic (exact) mass is 1070 g/mol. The summed E-state index contributed by atoms with van der Waals surface area (Å²) in [5.74, 6) is -0.208. The maximum atomic E-state index is 13.0. The smallest absolute Gasteiger partial charge is 0.268 e. The number of phosphoric acid groups is 1. The molecule has 9 heteroatoms. The Bertz CT molecular complexity index is 1400. The number of nitrogens with zero attached hydrogens (tertiary/aromatic N) is 1. The van der Waals surface area contributed by atoms with E-state index in [4.69, 9.17) is 9.05 Å². The van der Waals surface area contributed by atoms with Crippen molar-refractivity contribution in [1.82, 2.24) is 5.32 Å². The number of carbonyl (C=O) groups is 1. The van der Waals surface area contributed by atoms with Crippen molar-refractivity contribution in [3.63, 3.8) is 0 Å². The van der Waals surface area contributed by atoms with Gasteiger partial charge in [0.25, 0.3) is 7.82 Å².